The molecule has 0 amide bonds. The van der Waals surface area contributed by atoms with Gasteiger partial charge in [-0.25, -0.2) is 4.39 Å². The maximum absolute atomic E-state index is 13.5. The fourth-order valence-electron chi connectivity index (χ4n) is 1.65. The average Bonchev–Trinajstić information content (AvgIpc) is 2.46. The van der Waals surface area contributed by atoms with Gasteiger partial charge in [0.2, 0.25) is 0 Å². The molecule has 0 heterocycles. The second kappa shape index (κ2) is 6.11. The van der Waals surface area contributed by atoms with Gasteiger partial charge in [-0.2, -0.15) is 0 Å². The Kier molecular flexibility index (Phi) is 4.26. The lowest BCUT2D eigenvalue weighted by molar-refractivity contribution is 0.105. The van der Waals surface area contributed by atoms with Crippen LogP contribution in [0.2, 0.25) is 0 Å². The Morgan fingerprint density at radius 1 is 1.21 bits per heavy atom. The van der Waals surface area contributed by atoms with E-state index in [-0.39, 0.29) is 17.9 Å². The van der Waals surface area contributed by atoms with E-state index in [1.807, 2.05) is 6.07 Å². The van der Waals surface area contributed by atoms with Gasteiger partial charge in [-0.15, -0.1) is 0 Å². The van der Waals surface area contributed by atoms with E-state index in [4.69, 9.17) is 4.74 Å². The van der Waals surface area contributed by atoms with Crippen molar-refractivity contribution in [2.24, 2.45) is 0 Å². The Bertz CT molecular complexity index is 555. The van der Waals surface area contributed by atoms with Crippen LogP contribution in [0.4, 0.5) is 4.39 Å². The summed E-state index contributed by atoms with van der Waals surface area (Å²) in [6.07, 6.45) is -0.266. The number of carbonyl (C=O) groups excluding carboxylic acids is 1. The van der Waals surface area contributed by atoms with Gasteiger partial charge in [0.1, 0.15) is 19.0 Å². The second-order valence-electron chi connectivity index (χ2n) is 4.05. The number of rotatable bonds is 5. The molecule has 1 atom stereocenters. The number of aliphatic hydroxyl groups is 1. The van der Waals surface area contributed by atoms with Crippen molar-refractivity contribution in [3.8, 4) is 5.75 Å². The van der Waals surface area contributed by atoms with Crippen molar-refractivity contribution in [2.45, 2.75) is 6.10 Å². The smallest absolute Gasteiger partial charge is 0.165 e. The summed E-state index contributed by atoms with van der Waals surface area (Å²) >= 11 is 0. The summed E-state index contributed by atoms with van der Waals surface area (Å²) in [7, 11) is 0. The molecule has 0 saturated carbocycles. The summed E-state index contributed by atoms with van der Waals surface area (Å²) in [5.74, 6) is -0.606. The first-order chi connectivity index (χ1) is 9.20. The zero-order chi connectivity index (χ0) is 13.7. The van der Waals surface area contributed by atoms with Crippen LogP contribution < -0.4 is 4.74 Å². The number of aldehydes is 1. The summed E-state index contributed by atoms with van der Waals surface area (Å²) in [5.41, 5.74) is 0.945. The van der Waals surface area contributed by atoms with Gasteiger partial charge < -0.3 is 9.84 Å². The van der Waals surface area contributed by atoms with Crippen molar-refractivity contribution in [1.82, 2.24) is 0 Å². The molecule has 1 N–H and O–H groups in total. The normalized spacial score (nSPS) is 11.9. The van der Waals surface area contributed by atoms with Gasteiger partial charge in [-0.1, -0.05) is 30.3 Å². The van der Waals surface area contributed by atoms with Gasteiger partial charge in [0.25, 0.3) is 0 Å². The van der Waals surface area contributed by atoms with Crippen molar-refractivity contribution in [1.29, 1.82) is 0 Å². The van der Waals surface area contributed by atoms with Crippen molar-refractivity contribution in [2.75, 3.05) is 6.61 Å². The third kappa shape index (κ3) is 3.39. The highest BCUT2D eigenvalue weighted by atomic mass is 19.1. The molecule has 1 unspecified atom stereocenters. The quantitative estimate of drug-likeness (QED) is 0.841. The van der Waals surface area contributed by atoms with Crippen LogP contribution in [0.5, 0.6) is 5.75 Å². The molecule has 2 aromatic rings. The Morgan fingerprint density at radius 2 is 1.95 bits per heavy atom. The van der Waals surface area contributed by atoms with Crippen molar-refractivity contribution >= 4 is 6.29 Å². The van der Waals surface area contributed by atoms with Gasteiger partial charge in [0.05, 0.1) is 0 Å². The van der Waals surface area contributed by atoms with Crippen LogP contribution in [0.15, 0.2) is 48.5 Å². The number of benzene rings is 2. The molecule has 0 spiro atoms. The predicted molar refractivity (Wildman–Crippen MR) is 68.7 cm³/mol. The largest absolute Gasteiger partial charge is 0.487 e. The topological polar surface area (TPSA) is 46.5 Å². The van der Waals surface area contributed by atoms with Crippen molar-refractivity contribution in [3.63, 3.8) is 0 Å². The van der Waals surface area contributed by atoms with Crippen LogP contribution in [-0.2, 0) is 0 Å². The first-order valence-corrected chi connectivity index (χ1v) is 5.81. The Labute approximate surface area is 110 Å². The monoisotopic (exact) mass is 260 g/mol. The minimum Gasteiger partial charge on any atom is -0.487 e. The molecule has 0 aliphatic rings. The summed E-state index contributed by atoms with van der Waals surface area (Å²) < 4.78 is 18.7. The maximum atomic E-state index is 13.5. The van der Waals surface area contributed by atoms with Gasteiger partial charge in [0, 0.05) is 5.56 Å². The zero-order valence-corrected chi connectivity index (χ0v) is 10.1. The number of aliphatic hydroxyl groups excluding tert-OH is 1. The molecule has 0 fully saturated rings. The third-order valence-electron chi connectivity index (χ3n) is 2.67. The van der Waals surface area contributed by atoms with E-state index in [9.17, 15) is 14.3 Å². The minimum absolute atomic E-state index is 0.0144. The second-order valence-corrected chi connectivity index (χ2v) is 4.05. The Morgan fingerprint density at radius 3 is 2.58 bits per heavy atom. The molecular weight excluding hydrogens is 247 g/mol. The molecule has 0 bridgehead atoms. The van der Waals surface area contributed by atoms with Crippen LogP contribution in [0.25, 0.3) is 0 Å². The first-order valence-electron chi connectivity index (χ1n) is 5.81. The average molecular weight is 260 g/mol. The van der Waals surface area contributed by atoms with Crippen LogP contribution in [0.1, 0.15) is 22.0 Å². The lowest BCUT2D eigenvalue weighted by Crippen LogP contribution is -2.10. The summed E-state index contributed by atoms with van der Waals surface area (Å²) in [6, 6.07) is 12.9. The van der Waals surface area contributed by atoms with E-state index in [0.717, 1.165) is 6.07 Å². The highest BCUT2D eigenvalue weighted by Crippen LogP contribution is 2.20. The van der Waals surface area contributed by atoms with Crippen molar-refractivity contribution < 1.29 is 19.0 Å². The summed E-state index contributed by atoms with van der Waals surface area (Å²) in [6.45, 7) is -0.0542. The lowest BCUT2D eigenvalue weighted by atomic mass is 10.1. The maximum Gasteiger partial charge on any atom is 0.165 e. The molecule has 2 aromatic carbocycles. The Balaban J connectivity index is 2.01. The third-order valence-corrected chi connectivity index (χ3v) is 2.67. The lowest BCUT2D eigenvalue weighted by Gasteiger charge is -2.13. The minimum atomic E-state index is -0.827. The van der Waals surface area contributed by atoms with Gasteiger partial charge in [-0.3, -0.25) is 4.79 Å². The fourth-order valence-corrected chi connectivity index (χ4v) is 1.65. The van der Waals surface area contributed by atoms with E-state index < -0.39 is 11.9 Å². The zero-order valence-electron chi connectivity index (χ0n) is 10.1. The molecule has 0 radical (unpaired) electrons. The highest BCUT2D eigenvalue weighted by Gasteiger charge is 2.10. The fraction of sp³-hybridized carbons (Fsp3) is 0.133. The van der Waals surface area contributed by atoms with E-state index in [0.29, 0.717) is 11.8 Å². The predicted octanol–water partition coefficient (Wildman–Crippen LogP) is 2.75. The van der Waals surface area contributed by atoms with Gasteiger partial charge >= 0.3 is 0 Å². The standard InChI is InChI=1S/C15H13FO3/c16-13-8-11(9-17)6-7-15(13)19-10-14(18)12-4-2-1-3-5-12/h1-9,14,18H,10H2. The van der Waals surface area contributed by atoms with E-state index in [2.05, 4.69) is 0 Å². The number of ether oxygens (including phenoxy) is 1. The van der Waals surface area contributed by atoms with E-state index in [1.165, 1.54) is 12.1 Å². The van der Waals surface area contributed by atoms with Crippen molar-refractivity contribution in [3.05, 3.63) is 65.5 Å². The van der Waals surface area contributed by atoms with Crippen LogP contribution in [0, 0.1) is 5.82 Å². The number of hydrogen-bond donors (Lipinski definition) is 1. The van der Waals surface area contributed by atoms with E-state index in [1.54, 1.807) is 24.3 Å². The summed E-state index contributed by atoms with van der Waals surface area (Å²) in [4.78, 5) is 10.5. The van der Waals surface area contributed by atoms with Gasteiger partial charge in [0.15, 0.2) is 11.6 Å². The van der Waals surface area contributed by atoms with Gasteiger partial charge in [-0.05, 0) is 23.8 Å². The molecule has 0 aliphatic heterocycles. The Hall–Kier alpha value is -2.20. The molecule has 0 aliphatic carbocycles. The first kappa shape index (κ1) is 13.2. The molecular formula is C15H13FO3. The van der Waals surface area contributed by atoms with E-state index >= 15 is 0 Å². The molecule has 0 saturated heterocycles. The molecule has 0 aromatic heterocycles. The summed E-state index contributed by atoms with van der Waals surface area (Å²) in [5, 5.41) is 9.87. The molecule has 3 nitrogen and oxygen atoms in total. The van der Waals surface area contributed by atoms with Crippen LogP contribution in [-0.4, -0.2) is 18.0 Å². The molecule has 19 heavy (non-hydrogen) atoms. The molecule has 2 rings (SSSR count). The molecule has 98 valence electrons. The number of hydrogen-bond acceptors (Lipinski definition) is 3. The van der Waals surface area contributed by atoms with Crippen LogP contribution in [0.3, 0.4) is 0 Å². The molecule has 4 heteroatoms. The SMILES string of the molecule is O=Cc1ccc(OCC(O)c2ccccc2)c(F)c1. The number of halogens is 1. The number of carbonyl (C=O) groups is 1. The van der Waals surface area contributed by atoms with Crippen LogP contribution >= 0.6 is 0 Å². The highest BCUT2D eigenvalue weighted by molar-refractivity contribution is 5.74.